The fraction of sp³-hybridized carbons (Fsp3) is 0.368. The van der Waals surface area contributed by atoms with Crippen LogP contribution in [0.1, 0.15) is 24.3 Å². The molecule has 1 heterocycles. The van der Waals surface area contributed by atoms with E-state index in [0.717, 1.165) is 10.4 Å². The van der Waals surface area contributed by atoms with Gasteiger partial charge in [0.2, 0.25) is 5.91 Å². The fourth-order valence-corrected chi connectivity index (χ4v) is 3.52. The van der Waals surface area contributed by atoms with Gasteiger partial charge in [-0.25, -0.2) is 0 Å². The van der Waals surface area contributed by atoms with Gasteiger partial charge in [-0.3, -0.25) is 14.5 Å². The molecule has 134 valence electrons. The Labute approximate surface area is 152 Å². The summed E-state index contributed by atoms with van der Waals surface area (Å²) < 4.78 is 0. The highest BCUT2D eigenvalue weighted by Crippen LogP contribution is 2.29. The highest BCUT2D eigenvalue weighted by molar-refractivity contribution is 7.15. The van der Waals surface area contributed by atoms with Crippen LogP contribution >= 0.6 is 11.3 Å². The number of aliphatic carboxylic acids is 1. The van der Waals surface area contributed by atoms with Crippen molar-refractivity contribution in [3.63, 3.8) is 0 Å². The van der Waals surface area contributed by atoms with Gasteiger partial charge in [0.1, 0.15) is 6.04 Å². The molecule has 25 heavy (non-hydrogen) atoms. The Morgan fingerprint density at radius 3 is 2.48 bits per heavy atom. The van der Waals surface area contributed by atoms with E-state index in [1.807, 2.05) is 11.0 Å². The zero-order valence-corrected chi connectivity index (χ0v) is 15.6. The van der Waals surface area contributed by atoms with Gasteiger partial charge in [0, 0.05) is 36.3 Å². The molecular formula is C19H24N2O3S. The summed E-state index contributed by atoms with van der Waals surface area (Å²) >= 11 is 1.67. The number of aryl methyl sites for hydroxylation is 1. The number of amides is 1. The lowest BCUT2D eigenvalue weighted by atomic mass is 10.1. The molecule has 1 unspecified atom stereocenters. The molecule has 1 atom stereocenters. The number of carbonyl (C=O) groups excluding carboxylic acids is 1. The Hall–Kier alpha value is -2.18. The van der Waals surface area contributed by atoms with Gasteiger partial charge in [-0.2, -0.15) is 0 Å². The number of carboxylic acids is 1. The number of benzene rings is 1. The van der Waals surface area contributed by atoms with Crippen LogP contribution in [0, 0.1) is 6.92 Å². The number of nitrogens with one attached hydrogen (secondary N) is 1. The molecule has 1 aromatic carbocycles. The minimum Gasteiger partial charge on any atom is -0.480 e. The maximum atomic E-state index is 11.4. The number of rotatable bonds is 8. The van der Waals surface area contributed by atoms with Crippen LogP contribution in [0.3, 0.4) is 0 Å². The van der Waals surface area contributed by atoms with Gasteiger partial charge in [0.05, 0.1) is 0 Å². The SMILES string of the molecule is CC(=O)NCCN(Cc1ccc(-c2ccc(C)cc2)s1)C(C)C(=O)O. The Bertz CT molecular complexity index is 725. The van der Waals surface area contributed by atoms with E-state index in [9.17, 15) is 14.7 Å². The van der Waals surface area contributed by atoms with E-state index in [2.05, 4.69) is 42.6 Å². The van der Waals surface area contributed by atoms with Crippen LogP contribution in [0.4, 0.5) is 0 Å². The Kier molecular flexibility index (Phi) is 6.73. The summed E-state index contributed by atoms with van der Waals surface area (Å²) in [7, 11) is 0. The lowest BCUT2D eigenvalue weighted by molar-refractivity contribution is -0.142. The summed E-state index contributed by atoms with van der Waals surface area (Å²) in [6, 6.07) is 11.9. The first-order valence-corrected chi connectivity index (χ1v) is 9.05. The summed E-state index contributed by atoms with van der Waals surface area (Å²) in [5, 5.41) is 12.0. The van der Waals surface area contributed by atoms with E-state index in [4.69, 9.17) is 0 Å². The summed E-state index contributed by atoms with van der Waals surface area (Å²) in [5.74, 6) is -0.973. The molecule has 0 radical (unpaired) electrons. The highest BCUT2D eigenvalue weighted by Gasteiger charge is 2.21. The minimum atomic E-state index is -0.863. The molecule has 0 spiro atoms. The Balaban J connectivity index is 2.08. The van der Waals surface area contributed by atoms with E-state index in [1.165, 1.54) is 17.4 Å². The molecule has 1 aromatic heterocycles. The van der Waals surface area contributed by atoms with E-state index >= 15 is 0 Å². The monoisotopic (exact) mass is 360 g/mol. The molecule has 0 aliphatic rings. The normalized spacial score (nSPS) is 12.2. The van der Waals surface area contributed by atoms with Crippen LogP contribution in [0.25, 0.3) is 10.4 Å². The second-order valence-corrected chi connectivity index (χ2v) is 7.27. The van der Waals surface area contributed by atoms with Crippen LogP contribution in [0.2, 0.25) is 0 Å². The molecule has 2 rings (SSSR count). The Morgan fingerprint density at radius 1 is 1.20 bits per heavy atom. The average molecular weight is 360 g/mol. The first kappa shape index (κ1) is 19.1. The molecule has 2 aromatic rings. The molecule has 0 saturated heterocycles. The second kappa shape index (κ2) is 8.78. The number of hydrogen-bond donors (Lipinski definition) is 2. The van der Waals surface area contributed by atoms with Gasteiger partial charge in [-0.05, 0) is 31.5 Å². The van der Waals surface area contributed by atoms with Crippen LogP contribution in [-0.2, 0) is 16.1 Å². The van der Waals surface area contributed by atoms with E-state index in [0.29, 0.717) is 19.6 Å². The molecule has 0 bridgehead atoms. The summed E-state index contributed by atoms with van der Waals surface area (Å²) in [5.41, 5.74) is 2.39. The summed E-state index contributed by atoms with van der Waals surface area (Å²) in [4.78, 5) is 26.5. The number of carboxylic acid groups (broad SMARTS) is 1. The zero-order chi connectivity index (χ0) is 18.4. The molecule has 1 amide bonds. The van der Waals surface area contributed by atoms with E-state index in [1.54, 1.807) is 18.3 Å². The maximum Gasteiger partial charge on any atom is 0.320 e. The van der Waals surface area contributed by atoms with Gasteiger partial charge in [-0.15, -0.1) is 11.3 Å². The van der Waals surface area contributed by atoms with Gasteiger partial charge < -0.3 is 10.4 Å². The summed E-state index contributed by atoms with van der Waals surface area (Å²) in [6.07, 6.45) is 0. The van der Waals surface area contributed by atoms with E-state index < -0.39 is 12.0 Å². The number of carbonyl (C=O) groups is 2. The second-order valence-electron chi connectivity index (χ2n) is 6.10. The van der Waals surface area contributed by atoms with Crippen molar-refractivity contribution in [1.82, 2.24) is 10.2 Å². The summed E-state index contributed by atoms with van der Waals surface area (Å²) in [6.45, 7) is 6.66. The molecule has 0 aliphatic carbocycles. The molecular weight excluding hydrogens is 336 g/mol. The van der Waals surface area contributed by atoms with Crippen LogP contribution in [0.15, 0.2) is 36.4 Å². The lowest BCUT2D eigenvalue weighted by Crippen LogP contribution is -2.42. The molecule has 2 N–H and O–H groups in total. The standard InChI is InChI=1S/C19H24N2O3S/c1-13-4-6-16(7-5-13)18-9-8-17(25-18)12-21(14(2)19(23)24)11-10-20-15(3)22/h4-9,14H,10-12H2,1-3H3,(H,20,22)(H,23,24). The minimum absolute atomic E-state index is 0.110. The van der Waals surface area contributed by atoms with Crippen molar-refractivity contribution in [2.45, 2.75) is 33.4 Å². The average Bonchev–Trinajstić information content (AvgIpc) is 3.02. The van der Waals surface area contributed by atoms with Crippen molar-refractivity contribution in [2.75, 3.05) is 13.1 Å². The van der Waals surface area contributed by atoms with Gasteiger partial charge >= 0.3 is 5.97 Å². The third-order valence-electron chi connectivity index (χ3n) is 4.03. The third kappa shape index (κ3) is 5.69. The maximum absolute atomic E-state index is 11.4. The van der Waals surface area contributed by atoms with Crippen molar-refractivity contribution >= 4 is 23.2 Å². The van der Waals surface area contributed by atoms with Crippen molar-refractivity contribution in [3.05, 3.63) is 46.8 Å². The molecule has 6 heteroatoms. The molecule has 0 saturated carbocycles. The van der Waals surface area contributed by atoms with Crippen LogP contribution in [0.5, 0.6) is 0 Å². The van der Waals surface area contributed by atoms with E-state index in [-0.39, 0.29) is 5.91 Å². The van der Waals surface area contributed by atoms with Gasteiger partial charge in [-0.1, -0.05) is 29.8 Å². The van der Waals surface area contributed by atoms with Gasteiger partial charge in [0.25, 0.3) is 0 Å². The number of hydrogen-bond acceptors (Lipinski definition) is 4. The van der Waals surface area contributed by atoms with Crippen molar-refractivity contribution in [2.24, 2.45) is 0 Å². The van der Waals surface area contributed by atoms with Gasteiger partial charge in [0.15, 0.2) is 0 Å². The highest BCUT2D eigenvalue weighted by atomic mass is 32.1. The topological polar surface area (TPSA) is 69.6 Å². The van der Waals surface area contributed by atoms with Crippen LogP contribution in [-0.4, -0.2) is 41.0 Å². The molecule has 0 fully saturated rings. The first-order chi connectivity index (χ1) is 11.9. The fourth-order valence-electron chi connectivity index (χ4n) is 2.48. The predicted molar refractivity (Wildman–Crippen MR) is 101 cm³/mol. The predicted octanol–water partition coefficient (Wildman–Crippen LogP) is 3.13. The Morgan fingerprint density at radius 2 is 1.88 bits per heavy atom. The van der Waals surface area contributed by atoms with Crippen molar-refractivity contribution < 1.29 is 14.7 Å². The lowest BCUT2D eigenvalue weighted by Gasteiger charge is -2.25. The smallest absolute Gasteiger partial charge is 0.320 e. The van der Waals surface area contributed by atoms with Crippen molar-refractivity contribution in [1.29, 1.82) is 0 Å². The number of nitrogens with zero attached hydrogens (tertiary/aromatic N) is 1. The molecule has 5 nitrogen and oxygen atoms in total. The third-order valence-corrected chi connectivity index (χ3v) is 5.15. The largest absolute Gasteiger partial charge is 0.480 e. The number of thiophene rings is 1. The quantitative estimate of drug-likeness (QED) is 0.759. The van der Waals surface area contributed by atoms with Crippen molar-refractivity contribution in [3.8, 4) is 10.4 Å². The zero-order valence-electron chi connectivity index (χ0n) is 14.8. The van der Waals surface area contributed by atoms with Crippen LogP contribution < -0.4 is 5.32 Å². The molecule has 0 aliphatic heterocycles. The first-order valence-electron chi connectivity index (χ1n) is 8.24.